The monoisotopic (exact) mass is 316 g/mol. The number of anilines is 1. The number of amides is 2. The lowest BCUT2D eigenvalue weighted by molar-refractivity contribution is -0.126. The average molecular weight is 316 g/mol. The van der Waals surface area contributed by atoms with E-state index in [-0.39, 0.29) is 24.8 Å². The fraction of sp³-hybridized carbons (Fsp3) is 0.333. The largest absolute Gasteiger partial charge is 0.472 e. The standard InChI is InChI=1S/C15H16N4O4/c1-9-15(19-23-18-9)22-7-6-16-14(21)11-8-13(20)17-12-5-3-2-4-10(11)12/h2-5,11H,6-8H2,1H3,(H,16,21)(H,17,20)/t11-/m0/s1. The number of fused-ring (bicyclic) bond motifs is 1. The molecule has 1 aromatic heterocycles. The van der Waals surface area contributed by atoms with E-state index in [1.54, 1.807) is 13.0 Å². The minimum absolute atomic E-state index is 0.135. The van der Waals surface area contributed by atoms with Crippen LogP contribution in [0.1, 0.15) is 23.6 Å². The molecule has 8 heteroatoms. The molecule has 0 saturated carbocycles. The van der Waals surface area contributed by atoms with Gasteiger partial charge in [-0.15, -0.1) is 0 Å². The molecule has 0 spiro atoms. The first kappa shape index (κ1) is 15.0. The van der Waals surface area contributed by atoms with Crippen molar-refractivity contribution in [3.8, 4) is 5.88 Å². The lowest BCUT2D eigenvalue weighted by Gasteiger charge is -2.24. The number of ether oxygens (including phenoxy) is 1. The third-order valence-corrected chi connectivity index (χ3v) is 3.57. The van der Waals surface area contributed by atoms with Gasteiger partial charge in [0.25, 0.3) is 5.88 Å². The van der Waals surface area contributed by atoms with Crippen molar-refractivity contribution in [3.05, 3.63) is 35.5 Å². The molecule has 2 N–H and O–H groups in total. The van der Waals surface area contributed by atoms with Gasteiger partial charge < -0.3 is 15.4 Å². The predicted octanol–water partition coefficient (Wildman–Crippen LogP) is 0.999. The van der Waals surface area contributed by atoms with Crippen molar-refractivity contribution in [1.29, 1.82) is 0 Å². The molecule has 0 aliphatic carbocycles. The topological polar surface area (TPSA) is 106 Å². The predicted molar refractivity (Wildman–Crippen MR) is 80.0 cm³/mol. The highest BCUT2D eigenvalue weighted by Gasteiger charge is 2.30. The van der Waals surface area contributed by atoms with E-state index in [0.717, 1.165) is 5.56 Å². The van der Waals surface area contributed by atoms with Crippen molar-refractivity contribution in [1.82, 2.24) is 15.6 Å². The number of nitrogens with one attached hydrogen (secondary N) is 2. The third kappa shape index (κ3) is 3.31. The smallest absolute Gasteiger partial charge is 0.278 e. The van der Waals surface area contributed by atoms with Gasteiger partial charge in [0.1, 0.15) is 12.3 Å². The Morgan fingerprint density at radius 2 is 2.26 bits per heavy atom. The molecule has 2 heterocycles. The number of nitrogens with zero attached hydrogens (tertiary/aromatic N) is 2. The first-order valence-electron chi connectivity index (χ1n) is 7.23. The molecule has 1 aliphatic rings. The number of carbonyl (C=O) groups is 2. The maximum absolute atomic E-state index is 12.3. The summed E-state index contributed by atoms with van der Waals surface area (Å²) in [6.07, 6.45) is 0.135. The van der Waals surface area contributed by atoms with E-state index in [2.05, 4.69) is 25.6 Å². The molecule has 0 unspecified atom stereocenters. The van der Waals surface area contributed by atoms with E-state index >= 15 is 0 Å². The highest BCUT2D eigenvalue weighted by Crippen LogP contribution is 2.31. The summed E-state index contributed by atoms with van der Waals surface area (Å²) in [6.45, 7) is 2.24. The number of hydrogen-bond donors (Lipinski definition) is 2. The summed E-state index contributed by atoms with van der Waals surface area (Å²) in [4.78, 5) is 24.1. The van der Waals surface area contributed by atoms with Gasteiger partial charge in [0.15, 0.2) is 0 Å². The Labute approximate surface area is 132 Å². The molecule has 120 valence electrons. The number of hydrogen-bond acceptors (Lipinski definition) is 6. The fourth-order valence-electron chi connectivity index (χ4n) is 2.44. The number of carbonyl (C=O) groups excluding carboxylic acids is 2. The lowest BCUT2D eigenvalue weighted by Crippen LogP contribution is -2.36. The van der Waals surface area contributed by atoms with E-state index in [9.17, 15) is 9.59 Å². The quantitative estimate of drug-likeness (QED) is 0.797. The van der Waals surface area contributed by atoms with Gasteiger partial charge in [-0.25, -0.2) is 4.63 Å². The van der Waals surface area contributed by atoms with Crippen LogP contribution in [-0.4, -0.2) is 35.3 Å². The molecular weight excluding hydrogens is 300 g/mol. The Kier molecular flexibility index (Phi) is 4.22. The summed E-state index contributed by atoms with van der Waals surface area (Å²) in [5.74, 6) is -0.549. The Morgan fingerprint density at radius 1 is 1.43 bits per heavy atom. The minimum Gasteiger partial charge on any atom is -0.472 e. The molecule has 8 nitrogen and oxygen atoms in total. The van der Waals surface area contributed by atoms with Gasteiger partial charge in [0.05, 0.1) is 12.5 Å². The summed E-state index contributed by atoms with van der Waals surface area (Å²) in [5, 5.41) is 12.7. The van der Waals surface area contributed by atoms with Crippen LogP contribution in [-0.2, 0) is 9.59 Å². The van der Waals surface area contributed by atoms with E-state index in [1.165, 1.54) is 0 Å². The normalized spacial score (nSPS) is 16.4. The van der Waals surface area contributed by atoms with Crippen molar-refractivity contribution >= 4 is 17.5 Å². The Balaban J connectivity index is 1.56. The maximum atomic E-state index is 12.3. The van der Waals surface area contributed by atoms with Crippen LogP contribution in [0.3, 0.4) is 0 Å². The molecule has 2 amide bonds. The number of aryl methyl sites for hydroxylation is 1. The highest BCUT2D eigenvalue weighted by molar-refractivity contribution is 6.01. The molecule has 1 atom stereocenters. The molecule has 1 aromatic carbocycles. The van der Waals surface area contributed by atoms with Gasteiger partial charge in [-0.05, 0) is 23.7 Å². The van der Waals surface area contributed by atoms with Crippen molar-refractivity contribution in [2.45, 2.75) is 19.3 Å². The van der Waals surface area contributed by atoms with Gasteiger partial charge in [0.2, 0.25) is 11.8 Å². The van der Waals surface area contributed by atoms with Crippen molar-refractivity contribution in [3.63, 3.8) is 0 Å². The second-order valence-electron chi connectivity index (χ2n) is 5.19. The summed E-state index contributed by atoms with van der Waals surface area (Å²) in [6, 6.07) is 7.30. The molecular formula is C15H16N4O4. The number of rotatable bonds is 5. The SMILES string of the molecule is Cc1nonc1OCCNC(=O)[C@H]1CC(=O)Nc2ccccc21. The zero-order chi connectivity index (χ0) is 16.2. The van der Waals surface area contributed by atoms with Crippen LogP contribution in [0.25, 0.3) is 0 Å². The molecule has 0 bridgehead atoms. The van der Waals surface area contributed by atoms with Crippen LogP contribution in [0.2, 0.25) is 0 Å². The van der Waals surface area contributed by atoms with Crippen LogP contribution in [0.4, 0.5) is 5.69 Å². The van der Waals surface area contributed by atoms with E-state index in [0.29, 0.717) is 23.8 Å². The van der Waals surface area contributed by atoms with E-state index in [4.69, 9.17) is 4.74 Å². The summed E-state index contributed by atoms with van der Waals surface area (Å²) in [5.41, 5.74) is 2.06. The summed E-state index contributed by atoms with van der Waals surface area (Å²) in [7, 11) is 0. The Hall–Kier alpha value is -2.90. The van der Waals surface area contributed by atoms with Gasteiger partial charge >= 0.3 is 0 Å². The molecule has 3 rings (SSSR count). The van der Waals surface area contributed by atoms with Crippen molar-refractivity contribution in [2.24, 2.45) is 0 Å². The highest BCUT2D eigenvalue weighted by atomic mass is 16.6. The van der Waals surface area contributed by atoms with E-state index < -0.39 is 5.92 Å². The molecule has 0 radical (unpaired) electrons. The molecule has 0 saturated heterocycles. The fourth-order valence-corrected chi connectivity index (χ4v) is 2.44. The number of benzene rings is 1. The van der Waals surface area contributed by atoms with Gasteiger partial charge in [-0.2, -0.15) is 0 Å². The Morgan fingerprint density at radius 3 is 3.04 bits per heavy atom. The van der Waals surface area contributed by atoms with Crippen LogP contribution in [0.15, 0.2) is 28.9 Å². The van der Waals surface area contributed by atoms with Crippen molar-refractivity contribution in [2.75, 3.05) is 18.5 Å². The van der Waals surface area contributed by atoms with Crippen LogP contribution >= 0.6 is 0 Å². The molecule has 1 aliphatic heterocycles. The lowest BCUT2D eigenvalue weighted by atomic mass is 9.90. The third-order valence-electron chi connectivity index (χ3n) is 3.57. The number of aromatic nitrogens is 2. The second kappa shape index (κ2) is 6.47. The average Bonchev–Trinajstić information content (AvgIpc) is 2.95. The summed E-state index contributed by atoms with van der Waals surface area (Å²) < 4.78 is 9.86. The zero-order valence-corrected chi connectivity index (χ0v) is 12.5. The first-order valence-corrected chi connectivity index (χ1v) is 7.23. The molecule has 0 fully saturated rings. The van der Waals surface area contributed by atoms with Crippen LogP contribution < -0.4 is 15.4 Å². The maximum Gasteiger partial charge on any atom is 0.278 e. The number of para-hydroxylation sites is 1. The molecule has 2 aromatic rings. The Bertz CT molecular complexity index is 728. The van der Waals surface area contributed by atoms with Gasteiger partial charge in [0, 0.05) is 12.1 Å². The van der Waals surface area contributed by atoms with Crippen LogP contribution in [0.5, 0.6) is 5.88 Å². The summed E-state index contributed by atoms with van der Waals surface area (Å²) >= 11 is 0. The van der Waals surface area contributed by atoms with E-state index in [1.807, 2.05) is 18.2 Å². The zero-order valence-electron chi connectivity index (χ0n) is 12.5. The second-order valence-corrected chi connectivity index (χ2v) is 5.19. The van der Waals surface area contributed by atoms with Crippen molar-refractivity contribution < 1.29 is 19.0 Å². The van der Waals surface area contributed by atoms with Gasteiger partial charge in [-0.3, -0.25) is 9.59 Å². The van der Waals surface area contributed by atoms with Crippen LogP contribution in [0, 0.1) is 6.92 Å². The first-order chi connectivity index (χ1) is 11.1. The minimum atomic E-state index is -0.490. The molecule has 23 heavy (non-hydrogen) atoms. The van der Waals surface area contributed by atoms with Gasteiger partial charge in [-0.1, -0.05) is 23.4 Å².